The van der Waals surface area contributed by atoms with Gasteiger partial charge in [0.2, 0.25) is 5.43 Å². The topological polar surface area (TPSA) is 101 Å². The van der Waals surface area contributed by atoms with Crippen molar-refractivity contribution in [1.29, 1.82) is 0 Å². The zero-order valence-electron chi connectivity index (χ0n) is 14.7. The zero-order valence-corrected chi connectivity index (χ0v) is 14.7. The van der Waals surface area contributed by atoms with E-state index in [0.717, 1.165) is 42.9 Å². The lowest BCUT2D eigenvalue weighted by atomic mass is 10.1. The molecule has 0 radical (unpaired) electrons. The van der Waals surface area contributed by atoms with Gasteiger partial charge in [0, 0.05) is 30.9 Å². The summed E-state index contributed by atoms with van der Waals surface area (Å²) in [6.07, 6.45) is 7.23. The van der Waals surface area contributed by atoms with Gasteiger partial charge in [-0.3, -0.25) is 9.89 Å². The van der Waals surface area contributed by atoms with Crippen LogP contribution < -0.4 is 16.1 Å². The molecule has 136 valence electrons. The number of aromatic nitrogens is 3. The lowest BCUT2D eigenvalue weighted by Gasteiger charge is -2.31. The van der Waals surface area contributed by atoms with E-state index < -0.39 is 0 Å². The molecule has 1 aliphatic rings. The molecule has 4 heterocycles. The fourth-order valence-electron chi connectivity index (χ4n) is 3.73. The average molecular weight is 361 g/mol. The number of piperidine rings is 1. The second kappa shape index (κ2) is 6.21. The van der Waals surface area contributed by atoms with Crippen molar-refractivity contribution in [2.45, 2.75) is 18.9 Å². The van der Waals surface area contributed by atoms with Crippen LogP contribution in [0, 0.1) is 0 Å². The van der Waals surface area contributed by atoms with Crippen molar-refractivity contribution in [2.75, 3.05) is 18.0 Å². The molecule has 0 amide bonds. The van der Waals surface area contributed by atoms with E-state index in [1.165, 1.54) is 0 Å². The van der Waals surface area contributed by atoms with E-state index >= 15 is 0 Å². The second-order valence-electron chi connectivity index (χ2n) is 7.02. The van der Waals surface area contributed by atoms with Gasteiger partial charge in [-0.2, -0.15) is 5.10 Å². The molecule has 5 rings (SSSR count). The molecule has 0 saturated carbocycles. The molecule has 0 aliphatic carbocycles. The Hall–Kier alpha value is -3.19. The predicted molar refractivity (Wildman–Crippen MR) is 105 cm³/mol. The standard InChI is InChI=1S/C20H19N5O2/c21-14-2-1-5-25(11-14)19-7-16-18(10-22-19)27-17-6-12(13-8-23-24-9-13)3-4-15(17)20(16)26/h3-4,6-10,14H,1-2,5,11,21H2,(H,23,24). The molecular formula is C20H19N5O2. The Morgan fingerprint density at radius 2 is 2.07 bits per heavy atom. The Balaban J connectivity index is 1.63. The maximum absolute atomic E-state index is 13.0. The van der Waals surface area contributed by atoms with E-state index in [9.17, 15) is 4.79 Å². The van der Waals surface area contributed by atoms with Crippen LogP contribution in [0.3, 0.4) is 0 Å². The van der Waals surface area contributed by atoms with Crippen LogP contribution in [0.5, 0.6) is 0 Å². The Kier molecular flexibility index (Phi) is 3.68. The van der Waals surface area contributed by atoms with Gasteiger partial charge < -0.3 is 15.1 Å². The highest BCUT2D eigenvalue weighted by Crippen LogP contribution is 2.26. The van der Waals surface area contributed by atoms with Crippen molar-refractivity contribution in [2.24, 2.45) is 5.73 Å². The van der Waals surface area contributed by atoms with E-state index in [4.69, 9.17) is 10.2 Å². The van der Waals surface area contributed by atoms with Gasteiger partial charge in [0.05, 0.1) is 23.2 Å². The molecule has 27 heavy (non-hydrogen) atoms. The van der Waals surface area contributed by atoms with Gasteiger partial charge >= 0.3 is 0 Å². The maximum atomic E-state index is 13.0. The largest absolute Gasteiger partial charge is 0.454 e. The lowest BCUT2D eigenvalue weighted by molar-refractivity contribution is 0.503. The fraction of sp³-hybridized carbons (Fsp3) is 0.250. The summed E-state index contributed by atoms with van der Waals surface area (Å²) in [5.41, 5.74) is 8.94. The van der Waals surface area contributed by atoms with Gasteiger partial charge in [0.15, 0.2) is 5.58 Å². The smallest absolute Gasteiger partial charge is 0.200 e. The molecule has 1 atom stereocenters. The third kappa shape index (κ3) is 2.76. The van der Waals surface area contributed by atoms with Gasteiger partial charge in [0.25, 0.3) is 0 Å². The molecule has 1 saturated heterocycles. The van der Waals surface area contributed by atoms with Crippen LogP contribution in [0.4, 0.5) is 5.82 Å². The highest BCUT2D eigenvalue weighted by Gasteiger charge is 2.19. The van der Waals surface area contributed by atoms with E-state index in [1.54, 1.807) is 24.7 Å². The van der Waals surface area contributed by atoms with Gasteiger partial charge in [-0.05, 0) is 36.6 Å². The molecule has 1 fully saturated rings. The van der Waals surface area contributed by atoms with Crippen molar-refractivity contribution >= 4 is 27.8 Å². The Morgan fingerprint density at radius 3 is 2.89 bits per heavy atom. The minimum Gasteiger partial charge on any atom is -0.454 e. The number of H-pyrrole nitrogens is 1. The van der Waals surface area contributed by atoms with E-state index in [1.807, 2.05) is 18.2 Å². The van der Waals surface area contributed by atoms with Crippen LogP contribution in [0.15, 0.2) is 52.1 Å². The molecule has 0 bridgehead atoms. The second-order valence-corrected chi connectivity index (χ2v) is 7.02. The third-order valence-corrected chi connectivity index (χ3v) is 5.16. The maximum Gasteiger partial charge on any atom is 0.200 e. The van der Waals surface area contributed by atoms with Gasteiger partial charge in [0.1, 0.15) is 11.4 Å². The quantitative estimate of drug-likeness (QED) is 0.532. The van der Waals surface area contributed by atoms with Crippen molar-refractivity contribution < 1.29 is 4.42 Å². The molecule has 4 aromatic rings. The number of hydrogen-bond acceptors (Lipinski definition) is 6. The fourth-order valence-corrected chi connectivity index (χ4v) is 3.73. The van der Waals surface area contributed by atoms with Crippen molar-refractivity contribution in [3.63, 3.8) is 0 Å². The summed E-state index contributed by atoms with van der Waals surface area (Å²) in [5.74, 6) is 0.777. The van der Waals surface area contributed by atoms with Crippen molar-refractivity contribution in [1.82, 2.24) is 15.2 Å². The lowest BCUT2D eigenvalue weighted by Crippen LogP contribution is -2.43. The van der Waals surface area contributed by atoms with Gasteiger partial charge in [-0.25, -0.2) is 4.98 Å². The average Bonchev–Trinajstić information content (AvgIpc) is 3.22. The van der Waals surface area contributed by atoms with Crippen LogP contribution >= 0.6 is 0 Å². The number of nitrogens with zero attached hydrogens (tertiary/aromatic N) is 3. The van der Waals surface area contributed by atoms with Gasteiger partial charge in [-0.15, -0.1) is 0 Å². The van der Waals surface area contributed by atoms with Crippen LogP contribution in [0.2, 0.25) is 0 Å². The first kappa shape index (κ1) is 16.0. The summed E-state index contributed by atoms with van der Waals surface area (Å²) >= 11 is 0. The predicted octanol–water partition coefficient (Wildman–Crippen LogP) is 2.66. The van der Waals surface area contributed by atoms with Crippen LogP contribution in [0.25, 0.3) is 33.1 Å². The summed E-state index contributed by atoms with van der Waals surface area (Å²) in [4.78, 5) is 19.7. The molecule has 3 N–H and O–H groups in total. The first-order chi connectivity index (χ1) is 13.2. The molecule has 1 aromatic carbocycles. The molecule has 7 heteroatoms. The Morgan fingerprint density at radius 1 is 1.15 bits per heavy atom. The van der Waals surface area contributed by atoms with E-state index in [0.29, 0.717) is 21.9 Å². The minimum absolute atomic E-state index is 0.0463. The van der Waals surface area contributed by atoms with Crippen molar-refractivity contribution in [3.05, 3.63) is 53.1 Å². The van der Waals surface area contributed by atoms with Gasteiger partial charge in [-0.1, -0.05) is 6.07 Å². The highest BCUT2D eigenvalue weighted by atomic mass is 16.3. The number of fused-ring (bicyclic) bond motifs is 2. The minimum atomic E-state index is -0.0463. The molecule has 1 aliphatic heterocycles. The number of anilines is 1. The van der Waals surface area contributed by atoms with Crippen LogP contribution in [0.1, 0.15) is 12.8 Å². The molecule has 0 spiro atoms. The number of nitrogens with two attached hydrogens (primary N) is 1. The van der Waals surface area contributed by atoms with Crippen LogP contribution in [-0.2, 0) is 0 Å². The highest BCUT2D eigenvalue weighted by molar-refractivity contribution is 5.92. The summed E-state index contributed by atoms with van der Waals surface area (Å²) in [6, 6.07) is 7.54. The first-order valence-corrected chi connectivity index (χ1v) is 9.05. The number of rotatable bonds is 2. The molecule has 7 nitrogen and oxygen atoms in total. The Bertz CT molecular complexity index is 1180. The van der Waals surface area contributed by atoms with Crippen LogP contribution in [-0.4, -0.2) is 34.3 Å². The number of pyridine rings is 1. The zero-order chi connectivity index (χ0) is 18.4. The van der Waals surface area contributed by atoms with Crippen molar-refractivity contribution in [3.8, 4) is 11.1 Å². The van der Waals surface area contributed by atoms with E-state index in [2.05, 4.69) is 20.1 Å². The number of benzene rings is 1. The number of hydrogen-bond donors (Lipinski definition) is 2. The first-order valence-electron chi connectivity index (χ1n) is 9.05. The molecule has 1 unspecified atom stereocenters. The SMILES string of the molecule is NC1CCCN(c2cc3c(=O)c4ccc(-c5cn[nH]c5)cc4oc3cn2)C1. The normalized spacial score (nSPS) is 17.7. The van der Waals surface area contributed by atoms with E-state index in [-0.39, 0.29) is 11.5 Å². The molecular weight excluding hydrogens is 342 g/mol. The summed E-state index contributed by atoms with van der Waals surface area (Å²) in [5, 5.41) is 7.86. The summed E-state index contributed by atoms with van der Waals surface area (Å²) < 4.78 is 5.99. The number of aromatic amines is 1. The third-order valence-electron chi connectivity index (χ3n) is 5.16. The summed E-state index contributed by atoms with van der Waals surface area (Å²) in [7, 11) is 0. The molecule has 3 aromatic heterocycles. The monoisotopic (exact) mass is 361 g/mol. The summed E-state index contributed by atoms with van der Waals surface area (Å²) in [6.45, 7) is 1.66. The number of nitrogens with one attached hydrogen (secondary N) is 1. The Labute approximate surface area is 154 Å².